The minimum atomic E-state index is -0.673. The molecule has 36 heavy (non-hydrogen) atoms. The SMILES string of the molecule is COC[C@@H](O)Cn1nc(-c2ccc(C)c(NC(=O)C3=CNC(=O)CC3c3ccc(F)cc3)c2)cc1C. The molecule has 2 amide bonds. The Morgan fingerprint density at radius 3 is 2.72 bits per heavy atom. The number of amides is 2. The second kappa shape index (κ2) is 10.8. The van der Waals surface area contributed by atoms with E-state index in [1.165, 1.54) is 25.4 Å². The van der Waals surface area contributed by atoms with Crippen LogP contribution in [0.4, 0.5) is 10.1 Å². The third kappa shape index (κ3) is 5.69. The lowest BCUT2D eigenvalue weighted by Gasteiger charge is -2.24. The molecule has 1 aliphatic heterocycles. The Bertz CT molecular complexity index is 1300. The zero-order valence-corrected chi connectivity index (χ0v) is 20.4. The number of aromatic nitrogens is 2. The molecule has 1 aromatic heterocycles. The number of hydrogen-bond donors (Lipinski definition) is 3. The highest BCUT2D eigenvalue weighted by Gasteiger charge is 2.29. The van der Waals surface area contributed by atoms with E-state index in [1.807, 2.05) is 38.1 Å². The van der Waals surface area contributed by atoms with E-state index < -0.39 is 12.0 Å². The summed E-state index contributed by atoms with van der Waals surface area (Å²) in [5, 5.41) is 20.2. The van der Waals surface area contributed by atoms with Gasteiger partial charge < -0.3 is 20.5 Å². The fraction of sp³-hybridized carbons (Fsp3) is 0.296. The average Bonchev–Trinajstić information content (AvgIpc) is 3.20. The van der Waals surface area contributed by atoms with Crippen LogP contribution in [0.5, 0.6) is 0 Å². The van der Waals surface area contributed by atoms with Crippen molar-refractivity contribution in [2.24, 2.45) is 0 Å². The molecule has 0 aliphatic carbocycles. The quantitative estimate of drug-likeness (QED) is 0.447. The Hall–Kier alpha value is -3.82. The standard InChI is InChI=1S/C27H29FN4O4/c1-16-4-5-19(25-10-17(2)32(31-25)14-21(33)15-36-3)11-24(16)30-27(35)23-13-29-26(34)12-22(23)18-6-8-20(28)9-7-18/h4-11,13,21-22,33H,12,14-15H2,1-3H3,(H,29,34)(H,30,35)/t21-,22?/m0/s1. The van der Waals surface area contributed by atoms with Gasteiger partial charge in [0.25, 0.3) is 5.91 Å². The van der Waals surface area contributed by atoms with Crippen molar-refractivity contribution in [3.05, 3.63) is 82.9 Å². The van der Waals surface area contributed by atoms with E-state index in [4.69, 9.17) is 4.74 Å². The van der Waals surface area contributed by atoms with Crippen molar-refractivity contribution in [3.63, 3.8) is 0 Å². The highest BCUT2D eigenvalue weighted by molar-refractivity contribution is 6.07. The van der Waals surface area contributed by atoms with Crippen molar-refractivity contribution in [2.75, 3.05) is 19.0 Å². The van der Waals surface area contributed by atoms with Crippen molar-refractivity contribution in [1.29, 1.82) is 0 Å². The molecular formula is C27H29FN4O4. The van der Waals surface area contributed by atoms with Crippen molar-refractivity contribution < 1.29 is 23.8 Å². The lowest BCUT2D eigenvalue weighted by Crippen LogP contribution is -2.32. The molecule has 0 radical (unpaired) electrons. The van der Waals surface area contributed by atoms with Crippen LogP contribution in [-0.4, -0.2) is 46.5 Å². The number of anilines is 1. The van der Waals surface area contributed by atoms with Crippen LogP contribution in [0.3, 0.4) is 0 Å². The predicted molar refractivity (Wildman–Crippen MR) is 134 cm³/mol. The Labute approximate surface area is 208 Å². The van der Waals surface area contributed by atoms with Crippen LogP contribution in [0, 0.1) is 19.7 Å². The molecule has 3 N–H and O–H groups in total. The maximum atomic E-state index is 13.4. The van der Waals surface area contributed by atoms with Gasteiger partial charge in [0, 0.05) is 48.2 Å². The summed E-state index contributed by atoms with van der Waals surface area (Å²) in [6.45, 7) is 4.31. The zero-order chi connectivity index (χ0) is 25.8. The normalized spacial score (nSPS) is 16.3. The summed E-state index contributed by atoms with van der Waals surface area (Å²) in [6.07, 6.45) is 0.841. The van der Waals surface area contributed by atoms with Crippen LogP contribution < -0.4 is 10.6 Å². The number of benzene rings is 2. The summed E-state index contributed by atoms with van der Waals surface area (Å²) in [5.74, 6) is -1.43. The third-order valence-corrected chi connectivity index (χ3v) is 6.19. The highest BCUT2D eigenvalue weighted by atomic mass is 19.1. The second-order valence-electron chi connectivity index (χ2n) is 8.92. The van der Waals surface area contributed by atoms with Gasteiger partial charge in [0.1, 0.15) is 5.82 Å². The molecule has 1 unspecified atom stereocenters. The third-order valence-electron chi connectivity index (χ3n) is 6.19. The summed E-state index contributed by atoms with van der Waals surface area (Å²) in [5.41, 5.74) is 4.95. The molecule has 8 nitrogen and oxygen atoms in total. The molecule has 2 heterocycles. The van der Waals surface area contributed by atoms with Crippen LogP contribution in [0.1, 0.15) is 29.2 Å². The zero-order valence-electron chi connectivity index (χ0n) is 20.4. The summed E-state index contributed by atoms with van der Waals surface area (Å²) in [7, 11) is 1.53. The van der Waals surface area contributed by atoms with Crippen LogP contribution in [-0.2, 0) is 20.9 Å². The Balaban J connectivity index is 1.57. The molecular weight excluding hydrogens is 463 g/mol. The van der Waals surface area contributed by atoms with Gasteiger partial charge >= 0.3 is 0 Å². The van der Waals surface area contributed by atoms with Gasteiger partial charge in [0.05, 0.1) is 24.9 Å². The van der Waals surface area contributed by atoms with E-state index >= 15 is 0 Å². The van der Waals surface area contributed by atoms with Crippen molar-refractivity contribution in [3.8, 4) is 11.3 Å². The van der Waals surface area contributed by atoms with Crippen LogP contribution in [0.25, 0.3) is 11.3 Å². The first-order valence-corrected chi connectivity index (χ1v) is 11.6. The number of nitrogens with zero attached hydrogens (tertiary/aromatic N) is 2. The van der Waals surface area contributed by atoms with Crippen molar-refractivity contribution in [1.82, 2.24) is 15.1 Å². The van der Waals surface area contributed by atoms with E-state index in [9.17, 15) is 19.1 Å². The Morgan fingerprint density at radius 1 is 1.25 bits per heavy atom. The minimum Gasteiger partial charge on any atom is -0.389 e. The monoisotopic (exact) mass is 492 g/mol. The number of nitrogens with one attached hydrogen (secondary N) is 2. The predicted octanol–water partition coefficient (Wildman–Crippen LogP) is 3.44. The van der Waals surface area contributed by atoms with Crippen LogP contribution >= 0.6 is 0 Å². The number of carbonyl (C=O) groups is 2. The molecule has 2 aromatic carbocycles. The van der Waals surface area contributed by atoms with Gasteiger partial charge in [0.2, 0.25) is 5.91 Å². The number of hydrogen-bond acceptors (Lipinski definition) is 5. The first-order chi connectivity index (χ1) is 17.2. The van der Waals surface area contributed by atoms with Gasteiger partial charge in [-0.1, -0.05) is 24.3 Å². The molecule has 4 rings (SSSR count). The van der Waals surface area contributed by atoms with E-state index in [-0.39, 0.29) is 30.7 Å². The van der Waals surface area contributed by atoms with Crippen LogP contribution in [0.15, 0.2) is 60.3 Å². The van der Waals surface area contributed by atoms with Gasteiger partial charge in [-0.2, -0.15) is 5.10 Å². The Kier molecular flexibility index (Phi) is 7.61. The van der Waals surface area contributed by atoms with E-state index in [1.54, 1.807) is 16.8 Å². The fourth-order valence-corrected chi connectivity index (χ4v) is 4.22. The molecule has 1 aliphatic rings. The number of aliphatic hydroxyl groups excluding tert-OH is 1. The van der Waals surface area contributed by atoms with Gasteiger partial charge in [0.15, 0.2) is 0 Å². The molecule has 0 bridgehead atoms. The number of ether oxygens (including phenoxy) is 1. The Morgan fingerprint density at radius 2 is 2.00 bits per heavy atom. The lowest BCUT2D eigenvalue weighted by molar-refractivity contribution is -0.121. The molecule has 0 spiro atoms. The van der Waals surface area contributed by atoms with E-state index in [0.717, 1.165) is 16.8 Å². The van der Waals surface area contributed by atoms with Gasteiger partial charge in [-0.15, -0.1) is 0 Å². The maximum Gasteiger partial charge on any atom is 0.253 e. The summed E-state index contributed by atoms with van der Waals surface area (Å²) in [6, 6.07) is 13.4. The molecule has 188 valence electrons. The van der Waals surface area contributed by atoms with E-state index in [2.05, 4.69) is 15.7 Å². The largest absolute Gasteiger partial charge is 0.389 e. The minimum absolute atomic E-state index is 0.0928. The molecule has 2 atom stereocenters. The van der Waals surface area contributed by atoms with E-state index in [0.29, 0.717) is 29.1 Å². The fourth-order valence-electron chi connectivity index (χ4n) is 4.22. The summed E-state index contributed by atoms with van der Waals surface area (Å²) >= 11 is 0. The topological polar surface area (TPSA) is 105 Å². The number of methoxy groups -OCH3 is 1. The van der Waals surface area contributed by atoms with Crippen LogP contribution in [0.2, 0.25) is 0 Å². The van der Waals surface area contributed by atoms with Gasteiger partial charge in [-0.3, -0.25) is 14.3 Å². The summed E-state index contributed by atoms with van der Waals surface area (Å²) < 4.78 is 20.1. The smallest absolute Gasteiger partial charge is 0.253 e. The van der Waals surface area contributed by atoms with Gasteiger partial charge in [-0.05, 0) is 49.2 Å². The lowest BCUT2D eigenvalue weighted by atomic mass is 9.86. The molecule has 3 aromatic rings. The molecule has 0 saturated carbocycles. The number of aryl methyl sites for hydroxylation is 2. The maximum absolute atomic E-state index is 13.4. The number of rotatable bonds is 8. The summed E-state index contributed by atoms with van der Waals surface area (Å²) in [4.78, 5) is 25.3. The average molecular weight is 493 g/mol. The molecule has 9 heteroatoms. The molecule has 0 fully saturated rings. The van der Waals surface area contributed by atoms with Gasteiger partial charge in [-0.25, -0.2) is 4.39 Å². The first-order valence-electron chi connectivity index (χ1n) is 11.6. The number of halogens is 1. The van der Waals surface area contributed by atoms with Crippen molar-refractivity contribution >= 4 is 17.5 Å². The number of aliphatic hydroxyl groups is 1. The first kappa shape index (κ1) is 25.3. The van der Waals surface area contributed by atoms with Crippen molar-refractivity contribution in [2.45, 2.75) is 38.8 Å². The second-order valence-corrected chi connectivity index (χ2v) is 8.92. The molecule has 0 saturated heterocycles. The number of carbonyl (C=O) groups excluding carboxylic acids is 2. The highest BCUT2D eigenvalue weighted by Crippen LogP contribution is 2.32.